The third-order valence-electron chi connectivity index (χ3n) is 4.18. The SMILES string of the molecule is COc1ccc(COCCc2cc(OCC3CO3)c(C(N)=O)cc2Cl)cc1. The molecule has 144 valence electrons. The van der Waals surface area contributed by atoms with Crippen molar-refractivity contribution in [2.75, 3.05) is 26.9 Å². The molecule has 1 unspecified atom stereocenters. The summed E-state index contributed by atoms with van der Waals surface area (Å²) in [5.74, 6) is 0.655. The number of carbonyl (C=O) groups excluding carboxylic acids is 1. The van der Waals surface area contributed by atoms with Gasteiger partial charge in [0.05, 0.1) is 32.5 Å². The maximum atomic E-state index is 11.6. The molecule has 0 spiro atoms. The number of halogens is 1. The fourth-order valence-electron chi connectivity index (χ4n) is 2.54. The van der Waals surface area contributed by atoms with Gasteiger partial charge in [-0.3, -0.25) is 4.79 Å². The highest BCUT2D eigenvalue weighted by Gasteiger charge is 2.24. The monoisotopic (exact) mass is 391 g/mol. The molecule has 1 heterocycles. The van der Waals surface area contributed by atoms with Crippen molar-refractivity contribution in [3.05, 3.63) is 58.1 Å². The Morgan fingerprint density at radius 2 is 2.04 bits per heavy atom. The number of benzene rings is 2. The fraction of sp³-hybridized carbons (Fsp3) is 0.350. The van der Waals surface area contributed by atoms with Gasteiger partial charge in [0, 0.05) is 5.02 Å². The molecule has 0 aliphatic carbocycles. The molecule has 1 fully saturated rings. The van der Waals surface area contributed by atoms with Crippen LogP contribution in [0.1, 0.15) is 21.5 Å². The van der Waals surface area contributed by atoms with Crippen molar-refractivity contribution in [2.45, 2.75) is 19.1 Å². The first-order valence-electron chi connectivity index (χ1n) is 8.64. The van der Waals surface area contributed by atoms with E-state index in [1.54, 1.807) is 19.2 Å². The number of primary amides is 1. The fourth-order valence-corrected chi connectivity index (χ4v) is 2.80. The Hall–Kier alpha value is -2.28. The van der Waals surface area contributed by atoms with E-state index in [2.05, 4.69) is 0 Å². The summed E-state index contributed by atoms with van der Waals surface area (Å²) in [5.41, 5.74) is 7.58. The zero-order chi connectivity index (χ0) is 19.2. The smallest absolute Gasteiger partial charge is 0.252 e. The number of epoxide rings is 1. The van der Waals surface area contributed by atoms with Crippen LogP contribution >= 0.6 is 11.6 Å². The number of hydrogen-bond donors (Lipinski definition) is 1. The zero-order valence-electron chi connectivity index (χ0n) is 15.1. The molecule has 1 aliphatic rings. The number of nitrogens with two attached hydrogens (primary N) is 1. The minimum atomic E-state index is -0.578. The summed E-state index contributed by atoms with van der Waals surface area (Å²) < 4.78 is 21.7. The van der Waals surface area contributed by atoms with Crippen molar-refractivity contribution in [1.82, 2.24) is 0 Å². The maximum Gasteiger partial charge on any atom is 0.252 e. The van der Waals surface area contributed by atoms with Gasteiger partial charge in [0.2, 0.25) is 0 Å². The van der Waals surface area contributed by atoms with E-state index in [-0.39, 0.29) is 11.7 Å². The van der Waals surface area contributed by atoms with Crippen molar-refractivity contribution in [2.24, 2.45) is 5.73 Å². The van der Waals surface area contributed by atoms with Gasteiger partial charge in [0.25, 0.3) is 5.91 Å². The molecule has 27 heavy (non-hydrogen) atoms. The predicted molar refractivity (Wildman–Crippen MR) is 102 cm³/mol. The van der Waals surface area contributed by atoms with E-state index < -0.39 is 5.91 Å². The highest BCUT2D eigenvalue weighted by atomic mass is 35.5. The van der Waals surface area contributed by atoms with Crippen LogP contribution in [0.4, 0.5) is 0 Å². The second-order valence-electron chi connectivity index (χ2n) is 6.22. The average Bonchev–Trinajstić information content (AvgIpc) is 3.49. The van der Waals surface area contributed by atoms with Crippen molar-refractivity contribution >= 4 is 17.5 Å². The Kier molecular flexibility index (Phi) is 6.55. The van der Waals surface area contributed by atoms with E-state index in [9.17, 15) is 4.79 Å². The van der Waals surface area contributed by atoms with Crippen LogP contribution in [0.5, 0.6) is 11.5 Å². The van der Waals surface area contributed by atoms with E-state index in [4.69, 9.17) is 36.3 Å². The second-order valence-corrected chi connectivity index (χ2v) is 6.63. The van der Waals surface area contributed by atoms with Crippen molar-refractivity contribution in [3.63, 3.8) is 0 Å². The van der Waals surface area contributed by atoms with E-state index in [0.29, 0.717) is 43.6 Å². The van der Waals surface area contributed by atoms with E-state index in [1.165, 1.54) is 0 Å². The van der Waals surface area contributed by atoms with Gasteiger partial charge in [-0.05, 0) is 41.8 Å². The van der Waals surface area contributed by atoms with Crippen molar-refractivity contribution in [3.8, 4) is 11.5 Å². The molecule has 0 aromatic heterocycles. The lowest BCUT2D eigenvalue weighted by atomic mass is 10.1. The molecule has 2 aromatic rings. The van der Waals surface area contributed by atoms with Crippen LogP contribution < -0.4 is 15.2 Å². The highest BCUT2D eigenvalue weighted by molar-refractivity contribution is 6.31. The summed E-state index contributed by atoms with van der Waals surface area (Å²) in [6.07, 6.45) is 0.669. The summed E-state index contributed by atoms with van der Waals surface area (Å²) in [5, 5.41) is 0.465. The van der Waals surface area contributed by atoms with E-state index >= 15 is 0 Å². The first-order chi connectivity index (χ1) is 13.1. The Labute approximate surface area is 163 Å². The van der Waals surface area contributed by atoms with Gasteiger partial charge in [-0.1, -0.05) is 23.7 Å². The Morgan fingerprint density at radius 3 is 2.67 bits per heavy atom. The molecular formula is C20H22ClNO5. The molecule has 1 saturated heterocycles. The molecule has 0 radical (unpaired) electrons. The van der Waals surface area contributed by atoms with Crippen molar-refractivity contribution < 1.29 is 23.7 Å². The Bertz CT molecular complexity index is 790. The topological polar surface area (TPSA) is 83.3 Å². The number of methoxy groups -OCH3 is 1. The van der Waals surface area contributed by atoms with Crippen molar-refractivity contribution in [1.29, 1.82) is 0 Å². The van der Waals surface area contributed by atoms with Crippen LogP contribution in [0.3, 0.4) is 0 Å². The third-order valence-corrected chi connectivity index (χ3v) is 4.54. The molecule has 2 N–H and O–H groups in total. The quantitative estimate of drug-likeness (QED) is 0.497. The van der Waals surface area contributed by atoms with Crippen LogP contribution in [0.25, 0.3) is 0 Å². The molecular weight excluding hydrogens is 370 g/mol. The standard InChI is InChI=1S/C20H22ClNO5/c1-24-15-4-2-13(3-5-15)10-25-7-6-14-8-19(27-12-16-11-26-16)17(20(22)23)9-18(14)21/h2-5,8-9,16H,6-7,10-12H2,1H3,(H2,22,23). The average molecular weight is 392 g/mol. The van der Waals surface area contributed by atoms with Crippen LogP contribution in [0.15, 0.2) is 36.4 Å². The minimum absolute atomic E-state index is 0.0812. The lowest BCUT2D eigenvalue weighted by Gasteiger charge is -2.13. The Balaban J connectivity index is 1.57. The zero-order valence-corrected chi connectivity index (χ0v) is 15.8. The van der Waals surface area contributed by atoms with Gasteiger partial charge in [0.1, 0.15) is 24.2 Å². The molecule has 6 nitrogen and oxygen atoms in total. The number of ether oxygens (including phenoxy) is 4. The number of hydrogen-bond acceptors (Lipinski definition) is 5. The van der Waals surface area contributed by atoms with Gasteiger partial charge >= 0.3 is 0 Å². The van der Waals surface area contributed by atoms with Gasteiger partial charge in [0.15, 0.2) is 0 Å². The van der Waals surface area contributed by atoms with Crippen LogP contribution in [0.2, 0.25) is 5.02 Å². The summed E-state index contributed by atoms with van der Waals surface area (Å²) in [7, 11) is 1.63. The van der Waals surface area contributed by atoms with E-state index in [0.717, 1.165) is 16.9 Å². The largest absolute Gasteiger partial charge is 0.497 e. The van der Waals surface area contributed by atoms with Gasteiger partial charge in [-0.25, -0.2) is 0 Å². The lowest BCUT2D eigenvalue weighted by molar-refractivity contribution is 0.0995. The van der Waals surface area contributed by atoms with Crippen LogP contribution in [0, 0.1) is 0 Å². The van der Waals surface area contributed by atoms with Crippen LogP contribution in [-0.2, 0) is 22.5 Å². The second kappa shape index (κ2) is 9.08. The summed E-state index contributed by atoms with van der Waals surface area (Å²) in [4.78, 5) is 11.6. The predicted octanol–water partition coefficient (Wildman–Crippen LogP) is 2.98. The minimum Gasteiger partial charge on any atom is -0.497 e. The van der Waals surface area contributed by atoms with Crippen LogP contribution in [-0.4, -0.2) is 38.9 Å². The molecule has 3 rings (SSSR count). The maximum absolute atomic E-state index is 11.6. The first kappa shape index (κ1) is 19.5. The Morgan fingerprint density at radius 1 is 1.30 bits per heavy atom. The normalized spacial score (nSPS) is 15.4. The highest BCUT2D eigenvalue weighted by Crippen LogP contribution is 2.28. The molecule has 7 heteroatoms. The molecule has 0 bridgehead atoms. The summed E-state index contributed by atoms with van der Waals surface area (Å²) in [6.45, 7) is 2.02. The molecule has 1 amide bonds. The number of rotatable bonds is 10. The molecule has 0 saturated carbocycles. The third kappa shape index (κ3) is 5.60. The van der Waals surface area contributed by atoms with Gasteiger partial charge < -0.3 is 24.7 Å². The number of carbonyl (C=O) groups is 1. The summed E-state index contributed by atoms with van der Waals surface area (Å²) >= 11 is 6.29. The first-order valence-corrected chi connectivity index (χ1v) is 9.02. The summed E-state index contributed by atoms with van der Waals surface area (Å²) in [6, 6.07) is 11.0. The van der Waals surface area contributed by atoms with E-state index in [1.807, 2.05) is 24.3 Å². The van der Waals surface area contributed by atoms with Gasteiger partial charge in [-0.15, -0.1) is 0 Å². The van der Waals surface area contributed by atoms with Gasteiger partial charge in [-0.2, -0.15) is 0 Å². The lowest BCUT2D eigenvalue weighted by Crippen LogP contribution is -2.15. The molecule has 1 atom stereocenters. The molecule has 2 aromatic carbocycles. The number of amides is 1. The molecule has 1 aliphatic heterocycles.